The zero-order valence-corrected chi connectivity index (χ0v) is 31.7. The highest BCUT2D eigenvalue weighted by Crippen LogP contribution is 2.39. The largest absolute Gasteiger partial charge is 0.311 e. The van der Waals surface area contributed by atoms with Gasteiger partial charge in [-0.1, -0.05) is 98.1 Å². The fourth-order valence-electron chi connectivity index (χ4n) is 8.29. The Morgan fingerprint density at radius 3 is 1.48 bits per heavy atom. The molecule has 4 heterocycles. The second-order valence-electron chi connectivity index (χ2n) is 14.1. The standard InChI is InChI=1S/C52H38N6/c1-3-38(33-37(2)55(39-15-5-4-6-16-39)40-27-30-53-31-28-40)56(41-17-13-19-43(34-41)57-49-24-10-7-21-45(49)46-22-8-11-25-50(46)57)42-18-14-20-44(35-42)58-51-26-12-9-23-47(51)48-36-54-32-29-52(48)58/h3-36H,1-2H2/b38-33+. The zero-order valence-electron chi connectivity index (χ0n) is 31.7. The number of para-hydroxylation sites is 4. The van der Waals surface area contributed by atoms with Gasteiger partial charge in [0.15, 0.2) is 0 Å². The molecule has 4 aromatic heterocycles. The number of rotatable bonds is 10. The Kier molecular flexibility index (Phi) is 8.69. The first-order valence-corrected chi connectivity index (χ1v) is 19.3. The van der Waals surface area contributed by atoms with Gasteiger partial charge in [-0.3, -0.25) is 9.97 Å². The quantitative estimate of drug-likeness (QED) is 0.131. The minimum atomic E-state index is 0.766. The van der Waals surface area contributed by atoms with Gasteiger partial charge in [-0.2, -0.15) is 0 Å². The van der Waals surface area contributed by atoms with E-state index in [0.29, 0.717) is 0 Å². The van der Waals surface area contributed by atoms with Crippen molar-refractivity contribution in [2.45, 2.75) is 0 Å². The summed E-state index contributed by atoms with van der Waals surface area (Å²) in [5, 5.41) is 4.70. The van der Waals surface area contributed by atoms with E-state index in [4.69, 9.17) is 0 Å². The Balaban J connectivity index is 1.18. The summed E-state index contributed by atoms with van der Waals surface area (Å²) < 4.78 is 4.67. The lowest BCUT2D eigenvalue weighted by Crippen LogP contribution is -2.19. The molecule has 6 heteroatoms. The van der Waals surface area contributed by atoms with Crippen molar-refractivity contribution >= 4 is 66.4 Å². The van der Waals surface area contributed by atoms with Crippen LogP contribution in [-0.2, 0) is 0 Å². The molecule has 0 aliphatic carbocycles. The topological polar surface area (TPSA) is 42.1 Å². The third-order valence-corrected chi connectivity index (χ3v) is 10.8. The van der Waals surface area contributed by atoms with Gasteiger partial charge < -0.3 is 18.9 Å². The summed E-state index contributed by atoms with van der Waals surface area (Å²) in [6.07, 6.45) is 11.4. The molecule has 0 aliphatic rings. The first-order valence-electron chi connectivity index (χ1n) is 19.3. The summed E-state index contributed by atoms with van der Waals surface area (Å²) in [7, 11) is 0. The molecule has 0 spiro atoms. The van der Waals surface area contributed by atoms with Crippen LogP contribution in [0.3, 0.4) is 0 Å². The van der Waals surface area contributed by atoms with Crippen molar-refractivity contribution in [2.75, 3.05) is 9.80 Å². The van der Waals surface area contributed by atoms with Crippen LogP contribution in [0.4, 0.5) is 22.7 Å². The van der Waals surface area contributed by atoms with Gasteiger partial charge in [-0.15, -0.1) is 0 Å². The Bertz CT molecular complexity index is 2870. The number of fused-ring (bicyclic) bond motifs is 6. The van der Waals surface area contributed by atoms with E-state index in [0.717, 1.165) is 78.4 Å². The monoisotopic (exact) mass is 746 g/mol. The van der Waals surface area contributed by atoms with E-state index in [2.05, 4.69) is 188 Å². The number of hydrogen-bond acceptors (Lipinski definition) is 4. The Morgan fingerprint density at radius 2 is 0.914 bits per heavy atom. The van der Waals surface area contributed by atoms with Gasteiger partial charge in [0.05, 0.1) is 22.1 Å². The molecule has 0 fully saturated rings. The second kappa shape index (κ2) is 14.6. The van der Waals surface area contributed by atoms with E-state index in [9.17, 15) is 0 Å². The molecule has 0 radical (unpaired) electrons. The molecule has 0 N–H and O–H groups in total. The van der Waals surface area contributed by atoms with Crippen molar-refractivity contribution in [3.05, 3.63) is 231 Å². The molecule has 0 atom stereocenters. The maximum absolute atomic E-state index is 4.66. The molecule has 10 aromatic rings. The minimum absolute atomic E-state index is 0.766. The van der Waals surface area contributed by atoms with Gasteiger partial charge in [-0.25, -0.2) is 0 Å². The molecule has 0 saturated heterocycles. The molecule has 276 valence electrons. The van der Waals surface area contributed by atoms with E-state index in [-0.39, 0.29) is 0 Å². The van der Waals surface area contributed by atoms with E-state index >= 15 is 0 Å². The lowest BCUT2D eigenvalue weighted by Gasteiger charge is -2.30. The van der Waals surface area contributed by atoms with Crippen molar-refractivity contribution in [3.63, 3.8) is 0 Å². The lowest BCUT2D eigenvalue weighted by molar-refractivity contribution is 1.13. The van der Waals surface area contributed by atoms with Gasteiger partial charge in [0, 0.05) is 91.9 Å². The minimum Gasteiger partial charge on any atom is -0.311 e. The fraction of sp³-hybridized carbons (Fsp3) is 0. The van der Waals surface area contributed by atoms with Crippen molar-refractivity contribution in [1.29, 1.82) is 0 Å². The highest BCUT2D eigenvalue weighted by Gasteiger charge is 2.20. The van der Waals surface area contributed by atoms with Gasteiger partial charge in [0.1, 0.15) is 0 Å². The van der Waals surface area contributed by atoms with Crippen LogP contribution in [0, 0.1) is 0 Å². The van der Waals surface area contributed by atoms with Gasteiger partial charge in [-0.05, 0) is 97.1 Å². The number of aromatic nitrogens is 4. The maximum atomic E-state index is 4.66. The summed E-state index contributed by atoms with van der Waals surface area (Å²) in [5.74, 6) is 0. The number of anilines is 4. The van der Waals surface area contributed by atoms with Crippen LogP contribution in [0.25, 0.3) is 55.0 Å². The van der Waals surface area contributed by atoms with Gasteiger partial charge in [0.25, 0.3) is 0 Å². The number of allylic oxidation sites excluding steroid dienone is 2. The van der Waals surface area contributed by atoms with Crippen LogP contribution >= 0.6 is 0 Å². The molecular weight excluding hydrogens is 709 g/mol. The van der Waals surface area contributed by atoms with Crippen LogP contribution in [-0.4, -0.2) is 19.1 Å². The van der Waals surface area contributed by atoms with Crippen LogP contribution < -0.4 is 9.80 Å². The maximum Gasteiger partial charge on any atom is 0.0571 e. The van der Waals surface area contributed by atoms with Gasteiger partial charge >= 0.3 is 0 Å². The predicted molar refractivity (Wildman–Crippen MR) is 242 cm³/mol. The molecule has 0 saturated carbocycles. The molecule has 0 aliphatic heterocycles. The van der Waals surface area contributed by atoms with E-state index in [1.54, 1.807) is 12.4 Å². The Labute approximate surface area is 336 Å². The average molecular weight is 747 g/mol. The molecule has 0 amide bonds. The fourth-order valence-corrected chi connectivity index (χ4v) is 8.29. The Hall–Kier alpha value is -7.96. The summed E-state index contributed by atoms with van der Waals surface area (Å²) in [6, 6.07) is 59.5. The Morgan fingerprint density at radius 1 is 0.448 bits per heavy atom. The zero-order chi connectivity index (χ0) is 39.0. The highest BCUT2D eigenvalue weighted by atomic mass is 15.2. The smallest absolute Gasteiger partial charge is 0.0571 e. The summed E-state index contributed by atoms with van der Waals surface area (Å²) in [5.41, 5.74) is 12.1. The van der Waals surface area contributed by atoms with Gasteiger partial charge in [0.2, 0.25) is 0 Å². The molecule has 0 bridgehead atoms. The van der Waals surface area contributed by atoms with Crippen molar-refractivity contribution in [3.8, 4) is 11.4 Å². The molecule has 6 aromatic carbocycles. The number of nitrogens with zero attached hydrogens (tertiary/aromatic N) is 6. The van der Waals surface area contributed by atoms with E-state index in [1.165, 1.54) is 10.8 Å². The highest BCUT2D eigenvalue weighted by molar-refractivity contribution is 6.10. The molecule has 0 unspecified atom stereocenters. The van der Waals surface area contributed by atoms with Crippen molar-refractivity contribution < 1.29 is 0 Å². The van der Waals surface area contributed by atoms with Crippen LogP contribution in [0.5, 0.6) is 0 Å². The number of hydrogen-bond donors (Lipinski definition) is 0. The van der Waals surface area contributed by atoms with Crippen LogP contribution in [0.15, 0.2) is 231 Å². The third kappa shape index (κ3) is 5.92. The first kappa shape index (κ1) is 34.5. The second-order valence-corrected chi connectivity index (χ2v) is 14.1. The molecule has 6 nitrogen and oxygen atoms in total. The third-order valence-electron chi connectivity index (χ3n) is 10.8. The van der Waals surface area contributed by atoms with Crippen molar-refractivity contribution in [1.82, 2.24) is 19.1 Å². The normalized spacial score (nSPS) is 11.7. The summed E-state index contributed by atoms with van der Waals surface area (Å²) >= 11 is 0. The van der Waals surface area contributed by atoms with Crippen LogP contribution in [0.1, 0.15) is 0 Å². The number of benzene rings is 6. The first-order chi connectivity index (χ1) is 28.7. The summed E-state index contributed by atoms with van der Waals surface area (Å²) in [4.78, 5) is 13.2. The summed E-state index contributed by atoms with van der Waals surface area (Å²) in [6.45, 7) is 9.06. The predicted octanol–water partition coefficient (Wildman–Crippen LogP) is 13.2. The lowest BCUT2D eigenvalue weighted by atomic mass is 10.1. The van der Waals surface area contributed by atoms with E-state index < -0.39 is 0 Å². The SMILES string of the molecule is C=C/C(=C\C(=C)N(c1ccccc1)c1ccncc1)N(c1cccc(-n2c3ccccc3c3ccccc32)c1)c1cccc(-n2c3ccccc3c3cnccc32)c1. The van der Waals surface area contributed by atoms with Crippen LogP contribution in [0.2, 0.25) is 0 Å². The molecular formula is C52H38N6. The average Bonchev–Trinajstić information content (AvgIpc) is 3.80. The molecule has 10 rings (SSSR count). The number of pyridine rings is 2. The van der Waals surface area contributed by atoms with E-state index in [1.807, 2.05) is 48.8 Å². The molecule has 58 heavy (non-hydrogen) atoms. The van der Waals surface area contributed by atoms with Crippen molar-refractivity contribution in [2.24, 2.45) is 0 Å².